The van der Waals surface area contributed by atoms with Gasteiger partial charge in [-0.05, 0) is 37.0 Å². The summed E-state index contributed by atoms with van der Waals surface area (Å²) in [4.78, 5) is 12.6. The van der Waals surface area contributed by atoms with Crippen molar-refractivity contribution < 1.29 is 9.53 Å². The van der Waals surface area contributed by atoms with Crippen molar-refractivity contribution >= 4 is 34.9 Å². The van der Waals surface area contributed by atoms with Crippen LogP contribution in [-0.4, -0.2) is 17.1 Å². The molecule has 0 unspecified atom stereocenters. The second kappa shape index (κ2) is 10.2. The average Bonchev–Trinajstić information content (AvgIpc) is 2.77. The van der Waals surface area contributed by atoms with Crippen LogP contribution in [0.3, 0.4) is 0 Å². The fourth-order valence-corrected chi connectivity index (χ4v) is 2.10. The molecule has 116 valence electrons. The summed E-state index contributed by atoms with van der Waals surface area (Å²) in [6.45, 7) is 14.9. The number of aryl methyl sites for hydroxylation is 2. The second-order valence-electron chi connectivity index (χ2n) is 3.77. The number of carbonyl (C=O) groups excluding carboxylic acids is 1. The molecule has 1 N–H and O–H groups in total. The molecule has 1 heterocycles. The Bertz CT molecular complexity index is 516. The number of ether oxygens (including phenoxy) is 1. The van der Waals surface area contributed by atoms with Gasteiger partial charge in [-0.25, -0.2) is 4.79 Å². The minimum Gasteiger partial charge on any atom is -0.444 e. The van der Waals surface area contributed by atoms with E-state index in [4.69, 9.17) is 16.3 Å². The quantitative estimate of drug-likeness (QED) is 0.756. The van der Waals surface area contributed by atoms with E-state index in [-0.39, 0.29) is 6.61 Å². The molecule has 0 saturated heterocycles. The highest BCUT2D eigenvalue weighted by Gasteiger charge is 2.11. The maximum atomic E-state index is 11.6. The zero-order chi connectivity index (χ0) is 16.4. The number of halogens is 1. The summed E-state index contributed by atoms with van der Waals surface area (Å²) >= 11 is 6.98. The number of amides is 1. The minimum atomic E-state index is -0.542. The van der Waals surface area contributed by atoms with Crippen molar-refractivity contribution in [3.63, 3.8) is 0 Å². The summed E-state index contributed by atoms with van der Waals surface area (Å²) in [5.74, 6) is 0. The van der Waals surface area contributed by atoms with Gasteiger partial charge in [0.05, 0.1) is 11.4 Å². The van der Waals surface area contributed by atoms with Crippen LogP contribution in [-0.2, 0) is 4.74 Å². The van der Waals surface area contributed by atoms with Gasteiger partial charge in [0, 0.05) is 9.91 Å². The molecule has 0 spiro atoms. The highest BCUT2D eigenvalue weighted by Crippen LogP contribution is 2.23. The molecule has 0 aliphatic rings. The molecule has 0 aromatic carbocycles. The molecule has 0 fully saturated rings. The number of allylic oxidation sites excluding steroid dienone is 2. The van der Waals surface area contributed by atoms with Crippen LogP contribution in [0.25, 0.3) is 0 Å². The van der Waals surface area contributed by atoms with Crippen LogP contribution in [0.1, 0.15) is 24.4 Å². The van der Waals surface area contributed by atoms with Crippen molar-refractivity contribution in [3.8, 4) is 0 Å². The lowest BCUT2D eigenvalue weighted by Crippen LogP contribution is -2.15. The molecule has 0 aliphatic heterocycles. The summed E-state index contributed by atoms with van der Waals surface area (Å²) in [5, 5.41) is 3.02. The molecular formula is C15H21ClN2O2S. The third-order valence-electron chi connectivity index (χ3n) is 2.23. The Hall–Kier alpha value is -1.59. The molecule has 0 bridgehead atoms. The number of carbonyl (C=O) groups is 1. The minimum absolute atomic E-state index is 0.0801. The van der Waals surface area contributed by atoms with E-state index in [1.54, 1.807) is 12.2 Å². The van der Waals surface area contributed by atoms with E-state index >= 15 is 0 Å². The number of hydrogen-bond acceptors (Lipinski definition) is 4. The van der Waals surface area contributed by atoms with Gasteiger partial charge in [-0.15, -0.1) is 0 Å². The summed E-state index contributed by atoms with van der Waals surface area (Å²) in [6.07, 6.45) is 2.60. The van der Waals surface area contributed by atoms with Gasteiger partial charge in [0.25, 0.3) is 0 Å². The number of hydrogen-bond donors (Lipinski definition) is 1. The Kier molecular flexibility index (Phi) is 9.41. The molecule has 0 aliphatic carbocycles. The zero-order valence-electron chi connectivity index (χ0n) is 12.8. The van der Waals surface area contributed by atoms with E-state index < -0.39 is 6.09 Å². The van der Waals surface area contributed by atoms with Gasteiger partial charge in [-0.2, -0.15) is 4.37 Å². The summed E-state index contributed by atoms with van der Waals surface area (Å²) in [5.41, 5.74) is 2.14. The van der Waals surface area contributed by atoms with Gasteiger partial charge >= 0.3 is 6.09 Å². The van der Waals surface area contributed by atoms with Crippen LogP contribution in [0.5, 0.6) is 0 Å². The van der Waals surface area contributed by atoms with Gasteiger partial charge in [0.1, 0.15) is 6.61 Å². The Balaban J connectivity index is 0.00000191. The van der Waals surface area contributed by atoms with Crippen molar-refractivity contribution in [2.24, 2.45) is 0 Å². The maximum absolute atomic E-state index is 11.6. The lowest BCUT2D eigenvalue weighted by Gasteiger charge is -2.07. The fourth-order valence-electron chi connectivity index (χ4n) is 1.31. The normalized spacial score (nSPS) is 10.2. The highest BCUT2D eigenvalue weighted by atomic mass is 35.5. The van der Waals surface area contributed by atoms with E-state index in [0.29, 0.717) is 16.3 Å². The molecule has 1 aromatic heterocycles. The number of anilines is 1. The van der Waals surface area contributed by atoms with Gasteiger partial charge < -0.3 is 4.74 Å². The molecule has 1 aromatic rings. The predicted octanol–water partition coefficient (Wildman–Crippen LogP) is 5.20. The van der Waals surface area contributed by atoms with E-state index in [2.05, 4.69) is 22.8 Å². The van der Waals surface area contributed by atoms with E-state index in [1.807, 2.05) is 27.7 Å². The predicted molar refractivity (Wildman–Crippen MR) is 91.2 cm³/mol. The maximum Gasteiger partial charge on any atom is 0.412 e. The lowest BCUT2D eigenvalue weighted by molar-refractivity contribution is 0.172. The topological polar surface area (TPSA) is 51.2 Å². The van der Waals surface area contributed by atoms with E-state index in [0.717, 1.165) is 10.6 Å². The Morgan fingerprint density at radius 1 is 1.48 bits per heavy atom. The first-order valence-corrected chi connectivity index (χ1v) is 7.63. The third-order valence-corrected chi connectivity index (χ3v) is 3.19. The van der Waals surface area contributed by atoms with Crippen molar-refractivity contribution in [3.05, 3.63) is 46.5 Å². The van der Waals surface area contributed by atoms with Crippen LogP contribution in [0.2, 0.25) is 0 Å². The SMILES string of the molecule is C=C/C(=C\C(=C)Cl)COC(=O)Nc1c(C)nsc1C.CC. The van der Waals surface area contributed by atoms with Gasteiger partial charge in [-0.1, -0.05) is 44.7 Å². The third kappa shape index (κ3) is 7.11. The van der Waals surface area contributed by atoms with E-state index in [9.17, 15) is 4.79 Å². The Labute approximate surface area is 135 Å². The first-order valence-electron chi connectivity index (χ1n) is 6.48. The zero-order valence-corrected chi connectivity index (χ0v) is 14.4. The number of nitrogens with one attached hydrogen (secondary N) is 1. The standard InChI is InChI=1S/C13H15ClN2O2S.C2H6/c1-5-11(6-8(2)14)7-18-13(17)15-12-9(3)16-19-10(12)4;1-2/h5-6H,1-2,7H2,3-4H3,(H,15,17);1-2H3/b11-6+;. The molecule has 0 saturated carbocycles. The van der Waals surface area contributed by atoms with Crippen molar-refractivity contribution in [1.82, 2.24) is 4.37 Å². The molecule has 4 nitrogen and oxygen atoms in total. The number of aromatic nitrogens is 1. The average molecular weight is 329 g/mol. The largest absolute Gasteiger partial charge is 0.444 e. The molecule has 1 rings (SSSR count). The van der Waals surface area contributed by atoms with E-state index in [1.165, 1.54) is 11.5 Å². The van der Waals surface area contributed by atoms with Crippen molar-refractivity contribution in [1.29, 1.82) is 0 Å². The molecule has 0 atom stereocenters. The Morgan fingerprint density at radius 2 is 2.10 bits per heavy atom. The number of nitrogens with zero attached hydrogens (tertiary/aromatic N) is 1. The lowest BCUT2D eigenvalue weighted by atomic mass is 10.2. The smallest absolute Gasteiger partial charge is 0.412 e. The van der Waals surface area contributed by atoms with Gasteiger partial charge in [-0.3, -0.25) is 5.32 Å². The molecule has 21 heavy (non-hydrogen) atoms. The van der Waals surface area contributed by atoms with Crippen LogP contribution in [0, 0.1) is 13.8 Å². The highest BCUT2D eigenvalue weighted by molar-refractivity contribution is 7.06. The summed E-state index contributed by atoms with van der Waals surface area (Å²) < 4.78 is 9.20. The van der Waals surface area contributed by atoms with Crippen LogP contribution in [0.4, 0.5) is 10.5 Å². The number of rotatable bonds is 5. The molecule has 6 heteroatoms. The van der Waals surface area contributed by atoms with Crippen molar-refractivity contribution in [2.45, 2.75) is 27.7 Å². The molecule has 0 radical (unpaired) electrons. The van der Waals surface area contributed by atoms with Crippen LogP contribution >= 0.6 is 23.1 Å². The fraction of sp³-hybridized carbons (Fsp3) is 0.333. The van der Waals surface area contributed by atoms with Crippen LogP contribution in [0.15, 0.2) is 35.9 Å². The summed E-state index contributed by atoms with van der Waals surface area (Å²) in [7, 11) is 0. The first-order chi connectivity index (χ1) is 9.93. The first kappa shape index (κ1) is 19.4. The van der Waals surface area contributed by atoms with Crippen LogP contribution < -0.4 is 5.32 Å². The van der Waals surface area contributed by atoms with Crippen molar-refractivity contribution in [2.75, 3.05) is 11.9 Å². The Morgan fingerprint density at radius 3 is 2.52 bits per heavy atom. The summed E-state index contributed by atoms with van der Waals surface area (Å²) in [6, 6.07) is 0. The molecular weight excluding hydrogens is 308 g/mol. The van der Waals surface area contributed by atoms with Gasteiger partial charge in [0.15, 0.2) is 0 Å². The molecule has 1 amide bonds. The monoisotopic (exact) mass is 328 g/mol. The second-order valence-corrected chi connectivity index (χ2v) is 5.23. The van der Waals surface area contributed by atoms with Gasteiger partial charge in [0.2, 0.25) is 0 Å².